The minimum Gasteiger partial charge on any atom is -0.323 e. The highest BCUT2D eigenvalue weighted by atomic mass is 35.5. The third-order valence-corrected chi connectivity index (χ3v) is 5.96. The molecule has 10 heteroatoms. The van der Waals surface area contributed by atoms with Gasteiger partial charge < -0.3 is 5.32 Å². The molecule has 0 fully saturated rings. The molecule has 0 unspecified atom stereocenters. The summed E-state index contributed by atoms with van der Waals surface area (Å²) in [6.07, 6.45) is 4.19. The van der Waals surface area contributed by atoms with E-state index in [4.69, 9.17) is 11.6 Å². The van der Waals surface area contributed by atoms with E-state index in [0.717, 1.165) is 6.07 Å². The molecular formula is C18H13ClFN3O3S2. The van der Waals surface area contributed by atoms with Crippen molar-refractivity contribution in [1.29, 1.82) is 0 Å². The third-order valence-electron chi connectivity index (χ3n) is 3.46. The molecule has 0 atom stereocenters. The Labute approximate surface area is 169 Å². The van der Waals surface area contributed by atoms with E-state index in [-0.39, 0.29) is 15.0 Å². The molecule has 0 aliphatic rings. The molecule has 3 aromatic rings. The number of carbonyl (C=O) groups excluding carboxylic acids is 1. The number of benzene rings is 2. The summed E-state index contributed by atoms with van der Waals surface area (Å²) in [5.41, 5.74) is 0.904. The number of nitrogens with one attached hydrogen (secondary N) is 2. The molecule has 0 saturated carbocycles. The van der Waals surface area contributed by atoms with Crippen molar-refractivity contribution in [3.05, 3.63) is 76.5 Å². The van der Waals surface area contributed by atoms with Crippen LogP contribution < -0.4 is 10.0 Å². The van der Waals surface area contributed by atoms with Gasteiger partial charge in [0.2, 0.25) is 5.91 Å². The SMILES string of the molecule is O=C(/C=C/c1ccc(F)cc1Cl)Nc1ccc(S(=O)(=O)Nc2nccs2)cc1. The zero-order valence-electron chi connectivity index (χ0n) is 14.1. The van der Waals surface area contributed by atoms with Gasteiger partial charge in [-0.25, -0.2) is 17.8 Å². The minimum atomic E-state index is -3.76. The molecule has 2 aromatic carbocycles. The van der Waals surface area contributed by atoms with Gasteiger partial charge in [-0.15, -0.1) is 11.3 Å². The number of hydrogen-bond acceptors (Lipinski definition) is 5. The number of halogens is 2. The van der Waals surface area contributed by atoms with Crippen LogP contribution in [0.4, 0.5) is 15.2 Å². The lowest BCUT2D eigenvalue weighted by molar-refractivity contribution is -0.111. The van der Waals surface area contributed by atoms with Crippen LogP contribution in [0.1, 0.15) is 5.56 Å². The van der Waals surface area contributed by atoms with Crippen molar-refractivity contribution >= 4 is 55.8 Å². The molecule has 0 radical (unpaired) electrons. The Balaban J connectivity index is 1.65. The predicted molar refractivity (Wildman–Crippen MR) is 108 cm³/mol. The lowest BCUT2D eigenvalue weighted by Crippen LogP contribution is -2.13. The first-order valence-electron chi connectivity index (χ1n) is 7.80. The highest BCUT2D eigenvalue weighted by molar-refractivity contribution is 7.93. The predicted octanol–water partition coefficient (Wildman–Crippen LogP) is 4.39. The van der Waals surface area contributed by atoms with Gasteiger partial charge in [-0.3, -0.25) is 9.52 Å². The second-order valence-corrected chi connectivity index (χ2v) is 8.44. The second kappa shape index (κ2) is 8.51. The summed E-state index contributed by atoms with van der Waals surface area (Å²) in [7, 11) is -3.76. The van der Waals surface area contributed by atoms with E-state index in [0.29, 0.717) is 11.3 Å². The Kier molecular flexibility index (Phi) is 6.08. The number of amides is 1. The highest BCUT2D eigenvalue weighted by Crippen LogP contribution is 2.20. The molecule has 28 heavy (non-hydrogen) atoms. The Morgan fingerprint density at radius 3 is 2.57 bits per heavy atom. The van der Waals surface area contributed by atoms with Crippen molar-refractivity contribution in [2.75, 3.05) is 10.0 Å². The average molecular weight is 438 g/mol. The molecular weight excluding hydrogens is 425 g/mol. The molecule has 0 aliphatic carbocycles. The molecule has 0 aliphatic heterocycles. The quantitative estimate of drug-likeness (QED) is 0.560. The maximum atomic E-state index is 13.0. The normalized spacial score (nSPS) is 11.5. The number of carbonyl (C=O) groups is 1. The number of sulfonamides is 1. The van der Waals surface area contributed by atoms with Gasteiger partial charge in [0.25, 0.3) is 10.0 Å². The zero-order chi connectivity index (χ0) is 20.1. The van der Waals surface area contributed by atoms with Crippen molar-refractivity contribution in [3.63, 3.8) is 0 Å². The first kappa shape index (κ1) is 20.0. The van der Waals surface area contributed by atoms with Gasteiger partial charge in [0.15, 0.2) is 5.13 Å². The Morgan fingerprint density at radius 2 is 1.93 bits per heavy atom. The number of nitrogens with zero attached hydrogens (tertiary/aromatic N) is 1. The summed E-state index contributed by atoms with van der Waals surface area (Å²) in [5.74, 6) is -0.914. The maximum Gasteiger partial charge on any atom is 0.263 e. The summed E-state index contributed by atoms with van der Waals surface area (Å²) in [5, 5.41) is 4.71. The van der Waals surface area contributed by atoms with Crippen LogP contribution in [0.15, 0.2) is 65.0 Å². The van der Waals surface area contributed by atoms with Crippen LogP contribution in [0, 0.1) is 5.82 Å². The average Bonchev–Trinajstić information content (AvgIpc) is 3.14. The van der Waals surface area contributed by atoms with E-state index in [1.807, 2.05) is 0 Å². The number of rotatable bonds is 6. The lowest BCUT2D eigenvalue weighted by atomic mass is 10.2. The fourth-order valence-electron chi connectivity index (χ4n) is 2.15. The topological polar surface area (TPSA) is 88.2 Å². The number of thiazole rings is 1. The van der Waals surface area contributed by atoms with Crippen LogP contribution in [0.2, 0.25) is 5.02 Å². The van der Waals surface area contributed by atoms with Gasteiger partial charge in [-0.2, -0.15) is 0 Å². The van der Waals surface area contributed by atoms with Crippen molar-refractivity contribution in [1.82, 2.24) is 4.98 Å². The Bertz CT molecular complexity index is 1120. The van der Waals surface area contributed by atoms with Crippen LogP contribution in [0.3, 0.4) is 0 Å². The number of hydrogen-bond donors (Lipinski definition) is 2. The molecule has 3 rings (SSSR count). The van der Waals surface area contributed by atoms with Gasteiger partial charge in [0.1, 0.15) is 5.82 Å². The van der Waals surface area contributed by atoms with Crippen LogP contribution in [0.5, 0.6) is 0 Å². The maximum absolute atomic E-state index is 13.0. The summed E-state index contributed by atoms with van der Waals surface area (Å²) in [6, 6.07) is 9.51. The van der Waals surface area contributed by atoms with Crippen LogP contribution >= 0.6 is 22.9 Å². The van der Waals surface area contributed by atoms with E-state index >= 15 is 0 Å². The molecule has 0 saturated heterocycles. The monoisotopic (exact) mass is 437 g/mol. The van der Waals surface area contributed by atoms with E-state index in [2.05, 4.69) is 15.0 Å². The van der Waals surface area contributed by atoms with E-state index in [1.165, 1.54) is 66.1 Å². The standard InChI is InChI=1S/C18H13ClFN3O3S2/c19-16-11-13(20)3-1-12(16)2-8-17(24)22-14-4-6-15(7-5-14)28(25,26)23-18-21-9-10-27-18/h1-11H,(H,21,23)(H,22,24)/b8-2+. The van der Waals surface area contributed by atoms with E-state index in [1.54, 1.807) is 5.38 Å². The fraction of sp³-hybridized carbons (Fsp3) is 0. The summed E-state index contributed by atoms with van der Waals surface area (Å²) >= 11 is 7.06. The van der Waals surface area contributed by atoms with Crippen LogP contribution in [-0.4, -0.2) is 19.3 Å². The molecule has 6 nitrogen and oxygen atoms in total. The van der Waals surface area contributed by atoms with Crippen molar-refractivity contribution in [2.24, 2.45) is 0 Å². The summed E-state index contributed by atoms with van der Waals surface area (Å²) < 4.78 is 39.9. The summed E-state index contributed by atoms with van der Waals surface area (Å²) in [6.45, 7) is 0. The van der Waals surface area contributed by atoms with Gasteiger partial charge in [-0.1, -0.05) is 17.7 Å². The van der Waals surface area contributed by atoms with Crippen molar-refractivity contribution < 1.29 is 17.6 Å². The molecule has 2 N–H and O–H groups in total. The lowest BCUT2D eigenvalue weighted by Gasteiger charge is -2.07. The van der Waals surface area contributed by atoms with E-state index in [9.17, 15) is 17.6 Å². The van der Waals surface area contributed by atoms with Crippen molar-refractivity contribution in [2.45, 2.75) is 4.90 Å². The molecule has 1 heterocycles. The van der Waals surface area contributed by atoms with Crippen molar-refractivity contribution in [3.8, 4) is 0 Å². The van der Waals surface area contributed by atoms with Gasteiger partial charge in [0, 0.05) is 23.3 Å². The first-order valence-corrected chi connectivity index (χ1v) is 10.5. The molecule has 144 valence electrons. The Hall–Kier alpha value is -2.75. The number of anilines is 2. The zero-order valence-corrected chi connectivity index (χ0v) is 16.5. The molecule has 1 amide bonds. The third kappa shape index (κ3) is 5.16. The van der Waals surface area contributed by atoms with Gasteiger partial charge >= 0.3 is 0 Å². The van der Waals surface area contributed by atoms with Gasteiger partial charge in [-0.05, 0) is 48.0 Å². The molecule has 0 spiro atoms. The highest BCUT2D eigenvalue weighted by Gasteiger charge is 2.15. The smallest absolute Gasteiger partial charge is 0.263 e. The van der Waals surface area contributed by atoms with Crippen LogP contribution in [-0.2, 0) is 14.8 Å². The van der Waals surface area contributed by atoms with Gasteiger partial charge in [0.05, 0.1) is 9.92 Å². The van der Waals surface area contributed by atoms with Crippen LogP contribution in [0.25, 0.3) is 6.08 Å². The van der Waals surface area contributed by atoms with E-state index < -0.39 is 21.7 Å². The largest absolute Gasteiger partial charge is 0.323 e. The fourth-order valence-corrected chi connectivity index (χ4v) is 4.17. The Morgan fingerprint density at radius 1 is 1.18 bits per heavy atom. The number of aromatic nitrogens is 1. The first-order chi connectivity index (χ1) is 13.3. The summed E-state index contributed by atoms with van der Waals surface area (Å²) in [4.78, 5) is 15.9. The minimum absolute atomic E-state index is 0.0364. The molecule has 0 bridgehead atoms. The second-order valence-electron chi connectivity index (χ2n) is 5.46. The molecule has 1 aromatic heterocycles.